The van der Waals surface area contributed by atoms with Gasteiger partial charge in [-0.1, -0.05) is 19.1 Å². The summed E-state index contributed by atoms with van der Waals surface area (Å²) in [5.74, 6) is 0.904. The summed E-state index contributed by atoms with van der Waals surface area (Å²) in [6.07, 6.45) is 3.24. The minimum absolute atomic E-state index is 0.0945. The second-order valence-corrected chi connectivity index (χ2v) is 5.72. The van der Waals surface area contributed by atoms with E-state index < -0.39 is 0 Å². The van der Waals surface area contributed by atoms with Gasteiger partial charge in [0.15, 0.2) is 11.4 Å². The van der Waals surface area contributed by atoms with Crippen molar-refractivity contribution in [3.8, 4) is 0 Å². The summed E-state index contributed by atoms with van der Waals surface area (Å²) in [6.45, 7) is 4.63. The zero-order valence-corrected chi connectivity index (χ0v) is 12.4. The zero-order chi connectivity index (χ0) is 14.7. The Labute approximate surface area is 124 Å². The molecule has 0 radical (unpaired) electrons. The number of fused-ring (bicyclic) bond motifs is 1. The molecule has 4 heteroatoms. The van der Waals surface area contributed by atoms with Gasteiger partial charge in [0.1, 0.15) is 5.76 Å². The summed E-state index contributed by atoms with van der Waals surface area (Å²) in [4.78, 5) is 0. The Hall–Kier alpha value is -1.39. The van der Waals surface area contributed by atoms with Gasteiger partial charge in [-0.3, -0.25) is 0 Å². The molecular formula is C17H22FNO2. The summed E-state index contributed by atoms with van der Waals surface area (Å²) in [7, 11) is 0. The van der Waals surface area contributed by atoms with E-state index in [9.17, 15) is 4.39 Å². The lowest BCUT2D eigenvalue weighted by Crippen LogP contribution is -2.33. The first-order chi connectivity index (χ1) is 10.3. The highest BCUT2D eigenvalue weighted by Crippen LogP contribution is 2.33. The van der Waals surface area contributed by atoms with Gasteiger partial charge in [0.2, 0.25) is 0 Å². The van der Waals surface area contributed by atoms with E-state index in [1.54, 1.807) is 6.07 Å². The van der Waals surface area contributed by atoms with Crippen molar-refractivity contribution in [2.75, 3.05) is 19.8 Å². The molecule has 1 N–H and O–H groups in total. The second-order valence-electron chi connectivity index (χ2n) is 5.72. The Bertz CT molecular complexity index is 589. The number of para-hydroxylation sites is 1. The van der Waals surface area contributed by atoms with Crippen molar-refractivity contribution in [1.82, 2.24) is 5.32 Å². The van der Waals surface area contributed by atoms with Crippen LogP contribution in [0.15, 0.2) is 28.7 Å². The van der Waals surface area contributed by atoms with Crippen LogP contribution >= 0.6 is 0 Å². The van der Waals surface area contributed by atoms with E-state index in [-0.39, 0.29) is 11.9 Å². The fraction of sp³-hybridized carbons (Fsp3) is 0.529. The Morgan fingerprint density at radius 2 is 2.33 bits per heavy atom. The Kier molecular flexibility index (Phi) is 4.56. The maximum absolute atomic E-state index is 13.8. The van der Waals surface area contributed by atoms with E-state index in [4.69, 9.17) is 9.15 Å². The lowest BCUT2D eigenvalue weighted by Gasteiger charge is -2.29. The van der Waals surface area contributed by atoms with Crippen LogP contribution in [0, 0.1) is 11.7 Å². The summed E-state index contributed by atoms with van der Waals surface area (Å²) in [5.41, 5.74) is 0.354. The molecule has 3 rings (SSSR count). The number of furan rings is 1. The number of ether oxygens (including phenoxy) is 1. The number of halogens is 1. The number of rotatable bonds is 5. The van der Waals surface area contributed by atoms with Crippen molar-refractivity contribution in [2.24, 2.45) is 5.92 Å². The number of benzene rings is 1. The Balaban J connectivity index is 1.90. The van der Waals surface area contributed by atoms with Gasteiger partial charge in [0.05, 0.1) is 12.6 Å². The van der Waals surface area contributed by atoms with Crippen LogP contribution in [-0.4, -0.2) is 19.8 Å². The maximum Gasteiger partial charge on any atom is 0.169 e. The molecule has 1 saturated heterocycles. The van der Waals surface area contributed by atoms with E-state index in [1.807, 2.05) is 12.1 Å². The molecule has 3 nitrogen and oxygen atoms in total. The molecule has 1 aliphatic rings. The van der Waals surface area contributed by atoms with E-state index in [0.29, 0.717) is 11.5 Å². The van der Waals surface area contributed by atoms with Crippen LogP contribution in [0.5, 0.6) is 0 Å². The average molecular weight is 291 g/mol. The minimum atomic E-state index is -0.298. The van der Waals surface area contributed by atoms with Gasteiger partial charge in [-0.05, 0) is 37.9 Å². The Morgan fingerprint density at radius 1 is 1.43 bits per heavy atom. The van der Waals surface area contributed by atoms with Gasteiger partial charge in [-0.15, -0.1) is 0 Å². The average Bonchev–Trinajstić information content (AvgIpc) is 2.94. The predicted octanol–water partition coefficient (Wildman–Crippen LogP) is 4.04. The first-order valence-electron chi connectivity index (χ1n) is 7.78. The van der Waals surface area contributed by atoms with Gasteiger partial charge in [0, 0.05) is 17.9 Å². The second kappa shape index (κ2) is 6.58. The smallest absolute Gasteiger partial charge is 0.169 e. The molecule has 0 bridgehead atoms. The molecule has 1 aromatic heterocycles. The fourth-order valence-electron chi connectivity index (χ4n) is 3.03. The molecule has 2 atom stereocenters. The van der Waals surface area contributed by atoms with Gasteiger partial charge in [-0.25, -0.2) is 4.39 Å². The molecule has 0 aliphatic carbocycles. The first kappa shape index (κ1) is 14.5. The largest absolute Gasteiger partial charge is 0.456 e. The summed E-state index contributed by atoms with van der Waals surface area (Å²) >= 11 is 0. The van der Waals surface area contributed by atoms with Crippen LogP contribution in [0.1, 0.15) is 38.0 Å². The van der Waals surface area contributed by atoms with Gasteiger partial charge in [0.25, 0.3) is 0 Å². The number of hydrogen-bond acceptors (Lipinski definition) is 3. The van der Waals surface area contributed by atoms with Crippen molar-refractivity contribution in [2.45, 2.75) is 32.2 Å². The Morgan fingerprint density at radius 3 is 3.05 bits per heavy atom. The van der Waals surface area contributed by atoms with Crippen molar-refractivity contribution in [1.29, 1.82) is 0 Å². The molecule has 114 valence electrons. The normalized spacial score (nSPS) is 20.8. The molecule has 1 aliphatic heterocycles. The molecule has 2 unspecified atom stereocenters. The van der Waals surface area contributed by atoms with Crippen LogP contribution in [0.4, 0.5) is 4.39 Å². The molecule has 2 heterocycles. The van der Waals surface area contributed by atoms with Crippen molar-refractivity contribution >= 4 is 11.0 Å². The summed E-state index contributed by atoms with van der Waals surface area (Å²) in [6, 6.07) is 7.10. The van der Waals surface area contributed by atoms with Gasteiger partial charge < -0.3 is 14.5 Å². The van der Waals surface area contributed by atoms with Crippen LogP contribution < -0.4 is 5.32 Å². The third-order valence-corrected chi connectivity index (χ3v) is 4.10. The van der Waals surface area contributed by atoms with E-state index in [2.05, 4.69) is 12.2 Å². The SMILES string of the molecule is CCCNC(c1cc2cccc(F)c2o1)C1CCCOC1. The topological polar surface area (TPSA) is 34.4 Å². The van der Waals surface area contributed by atoms with Crippen molar-refractivity contribution in [3.63, 3.8) is 0 Å². The molecule has 0 saturated carbocycles. The highest BCUT2D eigenvalue weighted by molar-refractivity contribution is 5.78. The maximum atomic E-state index is 13.8. The number of nitrogens with one attached hydrogen (secondary N) is 1. The number of hydrogen-bond donors (Lipinski definition) is 1. The standard InChI is InChI=1S/C17H22FNO2/c1-2-8-19-16(13-6-4-9-20-11-13)15-10-12-5-3-7-14(18)17(12)21-15/h3,5,7,10,13,16,19H,2,4,6,8-9,11H2,1H3. The van der Waals surface area contributed by atoms with Crippen molar-refractivity contribution < 1.29 is 13.5 Å². The molecule has 1 fully saturated rings. The van der Waals surface area contributed by atoms with Gasteiger partial charge in [-0.2, -0.15) is 0 Å². The molecule has 1 aromatic carbocycles. The van der Waals surface area contributed by atoms with Crippen LogP contribution in [0.3, 0.4) is 0 Å². The van der Waals surface area contributed by atoms with Crippen LogP contribution in [-0.2, 0) is 4.74 Å². The third kappa shape index (κ3) is 3.11. The molecule has 2 aromatic rings. The van der Waals surface area contributed by atoms with Crippen LogP contribution in [0.25, 0.3) is 11.0 Å². The highest BCUT2D eigenvalue weighted by Gasteiger charge is 2.28. The van der Waals surface area contributed by atoms with E-state index in [0.717, 1.165) is 50.2 Å². The van der Waals surface area contributed by atoms with E-state index in [1.165, 1.54) is 6.07 Å². The quantitative estimate of drug-likeness (QED) is 0.903. The lowest BCUT2D eigenvalue weighted by molar-refractivity contribution is 0.0358. The lowest BCUT2D eigenvalue weighted by atomic mass is 9.92. The monoisotopic (exact) mass is 291 g/mol. The predicted molar refractivity (Wildman–Crippen MR) is 80.7 cm³/mol. The summed E-state index contributed by atoms with van der Waals surface area (Å²) < 4.78 is 25.2. The molecule has 21 heavy (non-hydrogen) atoms. The first-order valence-corrected chi connectivity index (χ1v) is 7.78. The molecule has 0 amide bonds. The molecule has 0 spiro atoms. The van der Waals surface area contributed by atoms with Gasteiger partial charge >= 0.3 is 0 Å². The third-order valence-electron chi connectivity index (χ3n) is 4.10. The highest BCUT2D eigenvalue weighted by atomic mass is 19.1. The molecular weight excluding hydrogens is 269 g/mol. The summed E-state index contributed by atoms with van der Waals surface area (Å²) in [5, 5.41) is 4.36. The van der Waals surface area contributed by atoms with Crippen molar-refractivity contribution in [3.05, 3.63) is 35.8 Å². The van der Waals surface area contributed by atoms with E-state index >= 15 is 0 Å². The fourth-order valence-corrected chi connectivity index (χ4v) is 3.03. The van der Waals surface area contributed by atoms with Crippen LogP contribution in [0.2, 0.25) is 0 Å². The minimum Gasteiger partial charge on any atom is -0.456 e. The zero-order valence-electron chi connectivity index (χ0n) is 12.4.